The van der Waals surface area contributed by atoms with Gasteiger partial charge < -0.3 is 0 Å². The van der Waals surface area contributed by atoms with Crippen molar-refractivity contribution in [2.75, 3.05) is 5.33 Å². The SMILES string of the molecule is Cc1cc(C)c2c(=O)n(-c3ccccc3)c(=O)n(CCCCBr)c2n1. The fourth-order valence-electron chi connectivity index (χ4n) is 3.06. The van der Waals surface area contributed by atoms with Gasteiger partial charge in [-0.05, 0) is 50.5 Å². The Balaban J connectivity index is 2.38. The van der Waals surface area contributed by atoms with Gasteiger partial charge in [0.05, 0.1) is 11.1 Å². The topological polar surface area (TPSA) is 56.9 Å². The van der Waals surface area contributed by atoms with Crippen LogP contribution in [0.25, 0.3) is 16.7 Å². The van der Waals surface area contributed by atoms with Crippen molar-refractivity contribution < 1.29 is 0 Å². The maximum Gasteiger partial charge on any atom is 0.337 e. The monoisotopic (exact) mass is 401 g/mol. The van der Waals surface area contributed by atoms with Gasteiger partial charge in [-0.15, -0.1) is 0 Å². The molecule has 2 heterocycles. The Morgan fingerprint density at radius 1 is 1.08 bits per heavy atom. The van der Waals surface area contributed by atoms with E-state index in [1.54, 1.807) is 16.7 Å². The molecule has 0 aliphatic carbocycles. The average Bonchev–Trinajstić information content (AvgIpc) is 2.58. The summed E-state index contributed by atoms with van der Waals surface area (Å²) in [4.78, 5) is 30.7. The first kappa shape index (κ1) is 17.6. The molecule has 0 bridgehead atoms. The normalized spacial score (nSPS) is 11.2. The number of aryl methyl sites for hydroxylation is 3. The van der Waals surface area contributed by atoms with Crippen LogP contribution in [0.15, 0.2) is 46.0 Å². The van der Waals surface area contributed by atoms with E-state index in [1.807, 2.05) is 38.1 Å². The standard InChI is InChI=1S/C19H20BrN3O2/c1-13-12-14(2)21-17-16(13)18(24)23(15-8-4-3-5-9-15)19(25)22(17)11-7-6-10-20/h3-5,8-9,12H,6-7,10-11H2,1-2H3. The first-order valence-corrected chi connectivity index (χ1v) is 9.42. The fourth-order valence-corrected chi connectivity index (χ4v) is 3.45. The zero-order valence-electron chi connectivity index (χ0n) is 14.3. The minimum Gasteiger partial charge on any atom is -0.277 e. The van der Waals surface area contributed by atoms with Crippen LogP contribution < -0.4 is 11.2 Å². The molecule has 0 amide bonds. The molecular weight excluding hydrogens is 382 g/mol. The van der Waals surface area contributed by atoms with Gasteiger partial charge in [-0.3, -0.25) is 9.36 Å². The van der Waals surface area contributed by atoms with Crippen LogP contribution in [0.5, 0.6) is 0 Å². The van der Waals surface area contributed by atoms with Crippen molar-refractivity contribution in [1.29, 1.82) is 0 Å². The highest BCUT2D eigenvalue weighted by molar-refractivity contribution is 9.09. The number of hydrogen-bond donors (Lipinski definition) is 0. The van der Waals surface area contributed by atoms with Crippen molar-refractivity contribution in [3.63, 3.8) is 0 Å². The summed E-state index contributed by atoms with van der Waals surface area (Å²) >= 11 is 3.42. The molecule has 6 heteroatoms. The highest BCUT2D eigenvalue weighted by Gasteiger charge is 2.17. The lowest BCUT2D eigenvalue weighted by Gasteiger charge is -2.15. The highest BCUT2D eigenvalue weighted by Crippen LogP contribution is 2.15. The first-order valence-electron chi connectivity index (χ1n) is 8.30. The van der Waals surface area contributed by atoms with E-state index in [1.165, 1.54) is 4.57 Å². The van der Waals surface area contributed by atoms with E-state index in [0.717, 1.165) is 29.4 Å². The quantitative estimate of drug-likeness (QED) is 0.486. The molecular formula is C19H20BrN3O2. The van der Waals surface area contributed by atoms with Crippen molar-refractivity contribution >= 4 is 27.0 Å². The molecule has 0 aliphatic rings. The number of nitrogens with zero attached hydrogens (tertiary/aromatic N) is 3. The third-order valence-electron chi connectivity index (χ3n) is 4.20. The molecule has 0 atom stereocenters. The predicted octanol–water partition coefficient (Wildman–Crippen LogP) is 3.34. The van der Waals surface area contributed by atoms with Crippen LogP contribution in [-0.4, -0.2) is 19.4 Å². The molecule has 5 nitrogen and oxygen atoms in total. The number of hydrogen-bond acceptors (Lipinski definition) is 3. The molecule has 0 radical (unpaired) electrons. The first-order chi connectivity index (χ1) is 12.0. The molecule has 1 aromatic carbocycles. The van der Waals surface area contributed by atoms with Crippen molar-refractivity contribution in [2.45, 2.75) is 33.2 Å². The summed E-state index contributed by atoms with van der Waals surface area (Å²) in [6.07, 6.45) is 1.78. The van der Waals surface area contributed by atoms with Crippen LogP contribution in [0.1, 0.15) is 24.1 Å². The molecule has 0 saturated carbocycles. The van der Waals surface area contributed by atoms with Gasteiger partial charge in [0.2, 0.25) is 0 Å². The lowest BCUT2D eigenvalue weighted by Crippen LogP contribution is -2.39. The molecule has 0 N–H and O–H groups in total. The van der Waals surface area contributed by atoms with Crippen LogP contribution >= 0.6 is 15.9 Å². The molecule has 0 saturated heterocycles. The summed E-state index contributed by atoms with van der Waals surface area (Å²) in [6, 6.07) is 10.9. The average molecular weight is 402 g/mol. The number of pyridine rings is 1. The zero-order valence-corrected chi connectivity index (χ0v) is 15.9. The Hall–Kier alpha value is -2.21. The van der Waals surface area contributed by atoms with Crippen molar-refractivity contribution in [2.24, 2.45) is 0 Å². The lowest BCUT2D eigenvalue weighted by atomic mass is 10.1. The maximum atomic E-state index is 13.1. The molecule has 3 aromatic rings. The summed E-state index contributed by atoms with van der Waals surface area (Å²) in [6.45, 7) is 4.30. The lowest BCUT2D eigenvalue weighted by molar-refractivity contribution is 0.600. The minimum absolute atomic E-state index is 0.312. The van der Waals surface area contributed by atoms with E-state index in [2.05, 4.69) is 20.9 Å². The van der Waals surface area contributed by atoms with E-state index < -0.39 is 0 Å². The van der Waals surface area contributed by atoms with Gasteiger partial charge in [-0.1, -0.05) is 34.1 Å². The van der Waals surface area contributed by atoms with Crippen molar-refractivity contribution in [3.05, 3.63) is 68.5 Å². The van der Waals surface area contributed by atoms with Crippen LogP contribution in [0.2, 0.25) is 0 Å². The summed E-state index contributed by atoms with van der Waals surface area (Å²) in [5.41, 5.74) is 2.05. The van der Waals surface area contributed by atoms with Gasteiger partial charge in [-0.2, -0.15) is 0 Å². The van der Waals surface area contributed by atoms with Crippen LogP contribution in [-0.2, 0) is 6.54 Å². The van der Waals surface area contributed by atoms with Crippen molar-refractivity contribution in [1.82, 2.24) is 14.1 Å². The summed E-state index contributed by atoms with van der Waals surface area (Å²) in [5.74, 6) is 0. The maximum absolute atomic E-state index is 13.1. The van der Waals surface area contributed by atoms with E-state index in [-0.39, 0.29) is 11.2 Å². The van der Waals surface area contributed by atoms with Crippen LogP contribution in [0.4, 0.5) is 0 Å². The molecule has 0 unspecified atom stereocenters. The van der Waals surface area contributed by atoms with Gasteiger partial charge in [0.1, 0.15) is 5.65 Å². The number of para-hydroxylation sites is 1. The van der Waals surface area contributed by atoms with E-state index >= 15 is 0 Å². The Morgan fingerprint density at radius 3 is 2.48 bits per heavy atom. The molecule has 0 fully saturated rings. The summed E-state index contributed by atoms with van der Waals surface area (Å²) in [7, 11) is 0. The summed E-state index contributed by atoms with van der Waals surface area (Å²) < 4.78 is 2.88. The molecule has 0 spiro atoms. The molecule has 3 rings (SSSR count). The summed E-state index contributed by atoms with van der Waals surface area (Å²) in [5, 5.41) is 1.39. The zero-order chi connectivity index (χ0) is 18.0. The largest absolute Gasteiger partial charge is 0.337 e. The van der Waals surface area contributed by atoms with Crippen LogP contribution in [0, 0.1) is 13.8 Å². The number of benzene rings is 1. The van der Waals surface area contributed by atoms with Gasteiger partial charge in [-0.25, -0.2) is 14.3 Å². The van der Waals surface area contributed by atoms with Gasteiger partial charge >= 0.3 is 5.69 Å². The van der Waals surface area contributed by atoms with E-state index in [0.29, 0.717) is 23.3 Å². The Bertz CT molecular complexity index is 1020. The minimum atomic E-state index is -0.337. The second-order valence-corrected chi connectivity index (χ2v) is 6.88. The third-order valence-corrected chi connectivity index (χ3v) is 4.76. The van der Waals surface area contributed by atoms with Gasteiger partial charge in [0.15, 0.2) is 0 Å². The predicted molar refractivity (Wildman–Crippen MR) is 104 cm³/mol. The molecule has 0 aliphatic heterocycles. The van der Waals surface area contributed by atoms with E-state index in [4.69, 9.17) is 0 Å². The number of aromatic nitrogens is 3. The van der Waals surface area contributed by atoms with Crippen molar-refractivity contribution in [3.8, 4) is 5.69 Å². The highest BCUT2D eigenvalue weighted by atomic mass is 79.9. The third kappa shape index (κ3) is 3.31. The second kappa shape index (κ2) is 7.35. The van der Waals surface area contributed by atoms with Gasteiger partial charge in [0.25, 0.3) is 5.56 Å². The second-order valence-electron chi connectivity index (χ2n) is 6.09. The Kier molecular flexibility index (Phi) is 5.18. The smallest absolute Gasteiger partial charge is 0.277 e. The molecule has 25 heavy (non-hydrogen) atoms. The Labute approximate surface area is 154 Å². The fraction of sp³-hybridized carbons (Fsp3) is 0.316. The van der Waals surface area contributed by atoms with Gasteiger partial charge in [0, 0.05) is 17.6 Å². The van der Waals surface area contributed by atoms with E-state index in [9.17, 15) is 9.59 Å². The number of unbranched alkanes of at least 4 members (excludes halogenated alkanes) is 1. The molecule has 130 valence electrons. The number of fused-ring (bicyclic) bond motifs is 1. The Morgan fingerprint density at radius 2 is 1.80 bits per heavy atom. The number of halogens is 1. The molecule has 2 aromatic heterocycles. The number of alkyl halides is 1. The number of rotatable bonds is 5. The van der Waals surface area contributed by atoms with Crippen LogP contribution in [0.3, 0.4) is 0 Å².